The van der Waals surface area contributed by atoms with Gasteiger partial charge in [-0.25, -0.2) is 4.79 Å². The molecule has 1 saturated carbocycles. The second-order valence-electron chi connectivity index (χ2n) is 7.43. The van der Waals surface area contributed by atoms with Crippen LogP contribution in [0.5, 0.6) is 0 Å². The molecule has 5 heteroatoms. The van der Waals surface area contributed by atoms with Gasteiger partial charge in [0.25, 0.3) is 5.91 Å². The van der Waals surface area contributed by atoms with E-state index in [9.17, 15) is 9.59 Å². The van der Waals surface area contributed by atoms with Crippen molar-refractivity contribution in [3.05, 3.63) is 65.7 Å². The topological polar surface area (TPSA) is 61.4 Å². The van der Waals surface area contributed by atoms with Gasteiger partial charge in [0.1, 0.15) is 0 Å². The molecule has 27 heavy (non-hydrogen) atoms. The normalized spacial score (nSPS) is 17.4. The second kappa shape index (κ2) is 7.82. The van der Waals surface area contributed by atoms with Gasteiger partial charge < -0.3 is 15.5 Å². The van der Waals surface area contributed by atoms with Crippen molar-refractivity contribution in [2.75, 3.05) is 18.4 Å². The zero-order valence-corrected chi connectivity index (χ0v) is 15.4. The first-order chi connectivity index (χ1) is 13.2. The third kappa shape index (κ3) is 4.48. The fourth-order valence-corrected chi connectivity index (χ4v) is 3.60. The maximum Gasteiger partial charge on any atom is 0.319 e. The minimum atomic E-state index is -0.181. The van der Waals surface area contributed by atoms with Gasteiger partial charge in [-0.1, -0.05) is 30.3 Å². The van der Waals surface area contributed by atoms with Crippen LogP contribution in [0.2, 0.25) is 0 Å². The molecule has 1 aliphatic carbocycles. The molecule has 1 aliphatic heterocycles. The molecule has 0 radical (unpaired) electrons. The zero-order chi connectivity index (χ0) is 18.6. The largest absolute Gasteiger partial charge is 0.339 e. The molecule has 0 unspecified atom stereocenters. The number of nitrogens with zero attached hydrogens (tertiary/aromatic N) is 1. The number of urea groups is 1. The van der Waals surface area contributed by atoms with Gasteiger partial charge >= 0.3 is 6.03 Å². The number of likely N-dealkylation sites (tertiary alicyclic amines) is 1. The summed E-state index contributed by atoms with van der Waals surface area (Å²) in [6.45, 7) is 1.56. The van der Waals surface area contributed by atoms with E-state index in [2.05, 4.69) is 34.9 Å². The number of amides is 3. The van der Waals surface area contributed by atoms with Gasteiger partial charge in [-0.3, -0.25) is 4.79 Å². The van der Waals surface area contributed by atoms with Gasteiger partial charge in [0, 0.05) is 30.4 Å². The summed E-state index contributed by atoms with van der Waals surface area (Å²) in [6, 6.07) is 17.8. The molecule has 0 bridgehead atoms. The lowest BCUT2D eigenvalue weighted by atomic mass is 9.89. The van der Waals surface area contributed by atoms with E-state index in [4.69, 9.17) is 0 Å². The molecule has 2 fully saturated rings. The van der Waals surface area contributed by atoms with E-state index in [1.165, 1.54) is 5.56 Å². The molecule has 2 N–H and O–H groups in total. The Bertz CT molecular complexity index is 792. The van der Waals surface area contributed by atoms with Gasteiger partial charge in [-0.15, -0.1) is 0 Å². The summed E-state index contributed by atoms with van der Waals surface area (Å²) in [7, 11) is 0. The van der Waals surface area contributed by atoms with Crippen molar-refractivity contribution in [3.63, 3.8) is 0 Å². The molecule has 1 heterocycles. The van der Waals surface area contributed by atoms with Crippen molar-refractivity contribution in [2.45, 2.75) is 37.6 Å². The van der Waals surface area contributed by atoms with Crippen molar-refractivity contribution in [2.24, 2.45) is 0 Å². The quantitative estimate of drug-likeness (QED) is 0.863. The number of anilines is 1. The van der Waals surface area contributed by atoms with Crippen LogP contribution >= 0.6 is 0 Å². The summed E-state index contributed by atoms with van der Waals surface area (Å²) in [5, 5.41) is 5.69. The molecule has 1 saturated heterocycles. The van der Waals surface area contributed by atoms with Crippen molar-refractivity contribution in [1.82, 2.24) is 10.2 Å². The van der Waals surface area contributed by atoms with Crippen molar-refractivity contribution >= 4 is 17.6 Å². The third-order valence-electron chi connectivity index (χ3n) is 5.36. The molecule has 5 nitrogen and oxygen atoms in total. The molecule has 2 aromatic rings. The predicted octanol–water partition coefficient (Wildman–Crippen LogP) is 3.99. The van der Waals surface area contributed by atoms with E-state index in [0.29, 0.717) is 23.2 Å². The minimum Gasteiger partial charge on any atom is -0.339 e. The predicted molar refractivity (Wildman–Crippen MR) is 106 cm³/mol. The average molecular weight is 363 g/mol. The Morgan fingerprint density at radius 1 is 0.852 bits per heavy atom. The van der Waals surface area contributed by atoms with E-state index >= 15 is 0 Å². The fraction of sp³-hybridized carbons (Fsp3) is 0.364. The zero-order valence-electron chi connectivity index (χ0n) is 15.4. The number of carbonyl (C=O) groups excluding carboxylic acids is 2. The summed E-state index contributed by atoms with van der Waals surface area (Å²) >= 11 is 0. The highest BCUT2D eigenvalue weighted by Crippen LogP contribution is 2.28. The molecule has 4 rings (SSSR count). The van der Waals surface area contributed by atoms with E-state index < -0.39 is 0 Å². The Hall–Kier alpha value is -2.82. The lowest BCUT2D eigenvalue weighted by Gasteiger charge is -2.32. The second-order valence-corrected chi connectivity index (χ2v) is 7.43. The van der Waals surface area contributed by atoms with E-state index in [0.717, 1.165) is 38.8 Å². The van der Waals surface area contributed by atoms with E-state index in [1.807, 2.05) is 11.0 Å². The van der Waals surface area contributed by atoms with Crippen molar-refractivity contribution < 1.29 is 9.59 Å². The monoisotopic (exact) mass is 363 g/mol. The maximum atomic E-state index is 12.8. The number of carbonyl (C=O) groups is 2. The molecular weight excluding hydrogens is 338 g/mol. The SMILES string of the molecule is O=C(Nc1ccc(C(=O)N2CCC(c3ccccc3)CC2)cc1)NC1CC1. The lowest BCUT2D eigenvalue weighted by Crippen LogP contribution is -2.37. The van der Waals surface area contributed by atoms with Crippen LogP contribution < -0.4 is 10.6 Å². The van der Waals surface area contributed by atoms with Crippen LogP contribution in [0, 0.1) is 0 Å². The molecule has 140 valence electrons. The summed E-state index contributed by atoms with van der Waals surface area (Å²) < 4.78 is 0. The van der Waals surface area contributed by atoms with Crippen LogP contribution in [0.3, 0.4) is 0 Å². The van der Waals surface area contributed by atoms with E-state index in [1.54, 1.807) is 24.3 Å². The van der Waals surface area contributed by atoms with Gasteiger partial charge in [-0.2, -0.15) is 0 Å². The molecule has 0 spiro atoms. The number of hydrogen-bond donors (Lipinski definition) is 2. The Morgan fingerprint density at radius 2 is 1.52 bits per heavy atom. The molecule has 2 aromatic carbocycles. The molecule has 0 aromatic heterocycles. The Labute approximate surface area is 159 Å². The van der Waals surface area contributed by atoms with Crippen molar-refractivity contribution in [3.8, 4) is 0 Å². The van der Waals surface area contributed by atoms with Gasteiger partial charge in [0.2, 0.25) is 0 Å². The Balaban J connectivity index is 1.31. The summed E-state index contributed by atoms with van der Waals surface area (Å²) in [5.41, 5.74) is 2.73. The number of piperidine rings is 1. The average Bonchev–Trinajstić information content (AvgIpc) is 3.53. The van der Waals surface area contributed by atoms with Crippen LogP contribution in [0.4, 0.5) is 10.5 Å². The highest BCUT2D eigenvalue weighted by Gasteiger charge is 2.25. The number of hydrogen-bond acceptors (Lipinski definition) is 2. The van der Waals surface area contributed by atoms with Gasteiger partial charge in [0.15, 0.2) is 0 Å². The molecular formula is C22H25N3O2. The number of benzene rings is 2. The first-order valence-electron chi connectivity index (χ1n) is 9.71. The van der Waals surface area contributed by atoms with Crippen LogP contribution in [0.25, 0.3) is 0 Å². The van der Waals surface area contributed by atoms with E-state index in [-0.39, 0.29) is 11.9 Å². The van der Waals surface area contributed by atoms with Crippen LogP contribution in [0.15, 0.2) is 54.6 Å². The smallest absolute Gasteiger partial charge is 0.319 e. The highest BCUT2D eigenvalue weighted by atomic mass is 16.2. The lowest BCUT2D eigenvalue weighted by molar-refractivity contribution is 0.0713. The Morgan fingerprint density at radius 3 is 2.15 bits per heavy atom. The molecule has 2 aliphatic rings. The summed E-state index contributed by atoms with van der Waals surface area (Å²) in [4.78, 5) is 26.5. The highest BCUT2D eigenvalue weighted by molar-refractivity contribution is 5.95. The molecule has 0 atom stereocenters. The number of nitrogens with one attached hydrogen (secondary N) is 2. The summed E-state index contributed by atoms with van der Waals surface area (Å²) in [5.74, 6) is 0.599. The maximum absolute atomic E-state index is 12.8. The van der Waals surface area contributed by atoms with Crippen LogP contribution in [0.1, 0.15) is 47.5 Å². The Kier molecular flexibility index (Phi) is 5.10. The first kappa shape index (κ1) is 17.6. The minimum absolute atomic E-state index is 0.0653. The standard InChI is InChI=1S/C22H25N3O2/c26-21(25-14-12-17(13-15-25)16-4-2-1-3-5-16)18-6-8-19(9-7-18)23-22(27)24-20-10-11-20/h1-9,17,20H,10-15H2,(H2,23,24,27). The number of rotatable bonds is 4. The fourth-order valence-electron chi connectivity index (χ4n) is 3.60. The summed E-state index contributed by atoms with van der Waals surface area (Å²) in [6.07, 6.45) is 4.11. The first-order valence-corrected chi connectivity index (χ1v) is 9.71. The van der Waals surface area contributed by atoms with Crippen LogP contribution in [-0.4, -0.2) is 36.0 Å². The molecule has 3 amide bonds. The van der Waals surface area contributed by atoms with Crippen LogP contribution in [-0.2, 0) is 0 Å². The van der Waals surface area contributed by atoms with Gasteiger partial charge in [-0.05, 0) is 61.4 Å². The van der Waals surface area contributed by atoms with Gasteiger partial charge in [0.05, 0.1) is 0 Å². The third-order valence-corrected chi connectivity index (χ3v) is 5.36. The van der Waals surface area contributed by atoms with Crippen molar-refractivity contribution in [1.29, 1.82) is 0 Å².